The quantitative estimate of drug-likeness (QED) is 0.532. The molecule has 2 bridgehead atoms. The second kappa shape index (κ2) is 1.28. The maximum Gasteiger partial charge on any atom is 0.0899 e. The molecule has 0 spiro atoms. The third kappa shape index (κ3) is 0.372. The molecule has 3 fully saturated rings. The lowest BCUT2D eigenvalue weighted by Gasteiger charge is -2.53. The van der Waals surface area contributed by atoms with Gasteiger partial charge in [0.2, 0.25) is 0 Å². The first-order valence-electron chi connectivity index (χ1n) is 4.06. The molecule has 0 aromatic heterocycles. The van der Waals surface area contributed by atoms with Crippen LogP contribution in [-0.4, -0.2) is 22.9 Å². The molecule has 2 saturated carbocycles. The zero-order chi connectivity index (χ0) is 6.93. The van der Waals surface area contributed by atoms with Crippen molar-refractivity contribution in [2.75, 3.05) is 0 Å². The molecule has 56 valence electrons. The minimum atomic E-state index is -0.133. The Bertz CT molecular complexity index is 188. The van der Waals surface area contributed by atoms with E-state index in [4.69, 9.17) is 4.74 Å². The molecule has 0 amide bonds. The topological polar surface area (TPSA) is 29.5 Å². The Morgan fingerprint density at radius 1 is 1.60 bits per heavy atom. The largest absolute Gasteiger partial charge is 0.390 e. The number of rotatable bonds is 0. The molecule has 5 unspecified atom stereocenters. The number of ether oxygens (including phenoxy) is 1. The van der Waals surface area contributed by atoms with Crippen LogP contribution in [0.15, 0.2) is 0 Å². The lowest BCUT2D eigenvalue weighted by Crippen LogP contribution is -2.61. The summed E-state index contributed by atoms with van der Waals surface area (Å²) >= 11 is 0. The summed E-state index contributed by atoms with van der Waals surface area (Å²) in [4.78, 5) is 0. The monoisotopic (exact) mass is 140 g/mol. The van der Waals surface area contributed by atoms with Crippen molar-refractivity contribution in [1.82, 2.24) is 0 Å². The number of hydrogen-bond acceptors (Lipinski definition) is 2. The van der Waals surface area contributed by atoms with Crippen molar-refractivity contribution in [1.29, 1.82) is 0 Å². The lowest BCUT2D eigenvalue weighted by atomic mass is 9.76. The van der Waals surface area contributed by atoms with Gasteiger partial charge in [-0.15, -0.1) is 0 Å². The Balaban J connectivity index is 2.01. The number of fused-ring (bicyclic) bond motifs is 1. The smallest absolute Gasteiger partial charge is 0.0899 e. The molecule has 1 aliphatic heterocycles. The van der Waals surface area contributed by atoms with Crippen LogP contribution in [0.2, 0.25) is 0 Å². The summed E-state index contributed by atoms with van der Waals surface area (Å²) in [6.45, 7) is 2.18. The Hall–Kier alpha value is -0.0800. The first kappa shape index (κ1) is 5.56. The zero-order valence-corrected chi connectivity index (χ0v) is 6.08. The standard InChI is InChI=1S/C8H12O2/c1-8-3-4-2-5(8)7(10-8)6(4)9/h4-7,9H,2-3H2,1H3. The Morgan fingerprint density at radius 2 is 2.40 bits per heavy atom. The maximum absolute atomic E-state index is 9.52. The van der Waals surface area contributed by atoms with E-state index < -0.39 is 0 Å². The summed E-state index contributed by atoms with van der Waals surface area (Å²) in [6, 6.07) is 0. The van der Waals surface area contributed by atoms with Crippen LogP contribution in [-0.2, 0) is 4.74 Å². The van der Waals surface area contributed by atoms with E-state index in [9.17, 15) is 5.11 Å². The van der Waals surface area contributed by atoms with Gasteiger partial charge in [0.1, 0.15) is 0 Å². The number of hydrogen-bond donors (Lipinski definition) is 1. The van der Waals surface area contributed by atoms with Crippen LogP contribution < -0.4 is 0 Å². The molecule has 1 heterocycles. The molecule has 2 aliphatic carbocycles. The summed E-state index contributed by atoms with van der Waals surface area (Å²) in [5.41, 5.74) is 0.175. The molecule has 3 aliphatic rings. The fraction of sp³-hybridized carbons (Fsp3) is 1.00. The van der Waals surface area contributed by atoms with Crippen LogP contribution in [0.4, 0.5) is 0 Å². The van der Waals surface area contributed by atoms with E-state index in [1.54, 1.807) is 0 Å². The third-order valence-electron chi connectivity index (χ3n) is 3.63. The van der Waals surface area contributed by atoms with Crippen molar-refractivity contribution in [3.05, 3.63) is 0 Å². The molecule has 1 saturated heterocycles. The molecule has 0 aromatic carbocycles. The number of aliphatic hydroxyl groups is 1. The van der Waals surface area contributed by atoms with Gasteiger partial charge in [0.15, 0.2) is 0 Å². The summed E-state index contributed by atoms with van der Waals surface area (Å²) in [5.74, 6) is 1.25. The fourth-order valence-corrected chi connectivity index (χ4v) is 3.10. The highest BCUT2D eigenvalue weighted by molar-refractivity contribution is 5.16. The van der Waals surface area contributed by atoms with E-state index in [0.29, 0.717) is 11.8 Å². The van der Waals surface area contributed by atoms with Crippen LogP contribution in [0, 0.1) is 11.8 Å². The first-order valence-corrected chi connectivity index (χ1v) is 4.06. The molecule has 3 rings (SSSR count). The van der Waals surface area contributed by atoms with Crippen molar-refractivity contribution in [2.24, 2.45) is 11.8 Å². The molecule has 1 N–H and O–H groups in total. The van der Waals surface area contributed by atoms with Gasteiger partial charge in [-0.05, 0) is 25.7 Å². The summed E-state index contributed by atoms with van der Waals surface area (Å²) < 4.78 is 5.58. The normalized spacial score (nSPS) is 70.2. The van der Waals surface area contributed by atoms with E-state index in [2.05, 4.69) is 6.92 Å². The molecule has 0 radical (unpaired) electrons. The van der Waals surface area contributed by atoms with Crippen molar-refractivity contribution >= 4 is 0 Å². The van der Waals surface area contributed by atoms with E-state index >= 15 is 0 Å². The highest BCUT2D eigenvalue weighted by atomic mass is 16.6. The van der Waals surface area contributed by atoms with Gasteiger partial charge in [-0.3, -0.25) is 0 Å². The molecule has 2 nitrogen and oxygen atoms in total. The minimum Gasteiger partial charge on any atom is -0.390 e. The lowest BCUT2D eigenvalue weighted by molar-refractivity contribution is -0.279. The van der Waals surface area contributed by atoms with E-state index in [-0.39, 0.29) is 17.8 Å². The van der Waals surface area contributed by atoms with Gasteiger partial charge in [0.25, 0.3) is 0 Å². The minimum absolute atomic E-state index is 0.133. The predicted octanol–water partition coefficient (Wildman–Crippen LogP) is 0.545. The average Bonchev–Trinajstić information content (AvgIpc) is 2.22. The molecule has 0 aromatic rings. The Labute approximate surface area is 60.2 Å². The van der Waals surface area contributed by atoms with Crippen LogP contribution in [0.1, 0.15) is 19.8 Å². The van der Waals surface area contributed by atoms with Crippen molar-refractivity contribution in [2.45, 2.75) is 37.6 Å². The van der Waals surface area contributed by atoms with E-state index in [0.717, 1.165) is 6.42 Å². The Morgan fingerprint density at radius 3 is 2.80 bits per heavy atom. The van der Waals surface area contributed by atoms with Gasteiger partial charge >= 0.3 is 0 Å². The van der Waals surface area contributed by atoms with E-state index in [1.165, 1.54) is 6.42 Å². The van der Waals surface area contributed by atoms with Gasteiger partial charge < -0.3 is 9.84 Å². The van der Waals surface area contributed by atoms with Gasteiger partial charge in [0.05, 0.1) is 17.8 Å². The van der Waals surface area contributed by atoms with Crippen LogP contribution >= 0.6 is 0 Å². The average molecular weight is 140 g/mol. The summed E-state index contributed by atoms with van der Waals surface area (Å²) in [7, 11) is 0. The highest BCUT2D eigenvalue weighted by Gasteiger charge is 2.67. The van der Waals surface area contributed by atoms with Crippen molar-refractivity contribution < 1.29 is 9.84 Å². The highest BCUT2D eigenvalue weighted by Crippen LogP contribution is 2.61. The van der Waals surface area contributed by atoms with Crippen molar-refractivity contribution in [3.8, 4) is 0 Å². The molecule has 5 atom stereocenters. The molecule has 2 heteroatoms. The summed E-state index contributed by atoms with van der Waals surface area (Å²) in [5, 5.41) is 9.52. The molecule has 10 heavy (non-hydrogen) atoms. The van der Waals surface area contributed by atoms with Gasteiger partial charge in [-0.2, -0.15) is 0 Å². The van der Waals surface area contributed by atoms with Crippen molar-refractivity contribution in [3.63, 3.8) is 0 Å². The zero-order valence-electron chi connectivity index (χ0n) is 6.08. The van der Waals surface area contributed by atoms with Crippen LogP contribution in [0.25, 0.3) is 0 Å². The fourth-order valence-electron chi connectivity index (χ4n) is 3.10. The van der Waals surface area contributed by atoms with Gasteiger partial charge in [-0.25, -0.2) is 0 Å². The number of aliphatic hydroxyl groups excluding tert-OH is 1. The third-order valence-corrected chi connectivity index (χ3v) is 3.63. The summed E-state index contributed by atoms with van der Waals surface area (Å²) in [6.07, 6.45) is 2.38. The second-order valence-corrected chi connectivity index (χ2v) is 4.19. The second-order valence-electron chi connectivity index (χ2n) is 4.19. The molecular formula is C8H12O2. The Kier molecular flexibility index (Phi) is 0.710. The van der Waals surface area contributed by atoms with E-state index in [1.807, 2.05) is 0 Å². The van der Waals surface area contributed by atoms with Crippen LogP contribution in [0.5, 0.6) is 0 Å². The predicted molar refractivity (Wildman–Crippen MR) is 35.5 cm³/mol. The van der Waals surface area contributed by atoms with Gasteiger partial charge in [-0.1, -0.05) is 0 Å². The first-order chi connectivity index (χ1) is 4.71. The molecular weight excluding hydrogens is 128 g/mol. The van der Waals surface area contributed by atoms with Gasteiger partial charge in [0, 0.05) is 5.92 Å². The SMILES string of the molecule is CC12CC3CC1C(O2)C3O. The van der Waals surface area contributed by atoms with Crippen LogP contribution in [0.3, 0.4) is 0 Å². The maximum atomic E-state index is 9.52.